The van der Waals surface area contributed by atoms with Crippen LogP contribution in [-0.2, 0) is 17.7 Å². The van der Waals surface area contributed by atoms with Gasteiger partial charge in [-0.25, -0.2) is 15.0 Å². The summed E-state index contributed by atoms with van der Waals surface area (Å²) in [6.07, 6.45) is 1.64. The molecule has 0 radical (unpaired) electrons. The van der Waals surface area contributed by atoms with Gasteiger partial charge in [-0.05, 0) is 35.7 Å². The third-order valence-electron chi connectivity index (χ3n) is 6.97. The number of imidazole rings is 1. The zero-order valence-corrected chi connectivity index (χ0v) is 21.1. The third kappa shape index (κ3) is 4.50. The van der Waals surface area contributed by atoms with E-state index in [1.807, 2.05) is 36.4 Å². The van der Waals surface area contributed by atoms with Crippen molar-refractivity contribution in [2.24, 2.45) is 0 Å². The van der Waals surface area contributed by atoms with Crippen molar-refractivity contribution in [1.82, 2.24) is 24.1 Å². The van der Waals surface area contributed by atoms with Gasteiger partial charge in [0.1, 0.15) is 24.6 Å². The van der Waals surface area contributed by atoms with Crippen LogP contribution in [0.2, 0.25) is 5.02 Å². The number of nitrogens with zero attached hydrogens (tertiary/aromatic N) is 5. The van der Waals surface area contributed by atoms with E-state index in [4.69, 9.17) is 16.3 Å². The Kier molecular flexibility index (Phi) is 6.73. The van der Waals surface area contributed by atoms with Gasteiger partial charge in [-0.15, -0.1) is 0 Å². The normalized spacial score (nSPS) is 21.5. The number of anilines is 1. The molecule has 0 saturated carbocycles. The van der Waals surface area contributed by atoms with Crippen LogP contribution in [-0.4, -0.2) is 70.9 Å². The molecule has 0 bridgehead atoms. The lowest BCUT2D eigenvalue weighted by Gasteiger charge is -2.16. The maximum Gasteiger partial charge on any atom is 0.167 e. The number of rotatable bonds is 8. The highest BCUT2D eigenvalue weighted by Crippen LogP contribution is 2.32. The van der Waals surface area contributed by atoms with E-state index in [0.717, 1.165) is 18.0 Å². The van der Waals surface area contributed by atoms with Crippen molar-refractivity contribution in [3.63, 3.8) is 0 Å². The van der Waals surface area contributed by atoms with Crippen LogP contribution in [0.1, 0.15) is 17.4 Å². The maximum absolute atomic E-state index is 10.4. The van der Waals surface area contributed by atoms with Crippen LogP contribution in [0.5, 0.6) is 0 Å². The van der Waals surface area contributed by atoms with Crippen LogP contribution in [0, 0.1) is 0 Å². The second kappa shape index (κ2) is 10.3. The maximum atomic E-state index is 10.4. The molecule has 2 unspecified atom stereocenters. The van der Waals surface area contributed by atoms with Crippen molar-refractivity contribution in [2.75, 3.05) is 18.5 Å². The smallest absolute Gasteiger partial charge is 0.167 e. The highest BCUT2D eigenvalue weighted by molar-refractivity contribution is 6.30. The van der Waals surface area contributed by atoms with Crippen LogP contribution in [0.15, 0.2) is 67.4 Å². The second-order valence-corrected chi connectivity index (χ2v) is 9.81. The summed E-state index contributed by atoms with van der Waals surface area (Å²) in [7, 11) is 0. The lowest BCUT2D eigenvalue weighted by Crippen LogP contribution is -2.33. The van der Waals surface area contributed by atoms with Crippen LogP contribution >= 0.6 is 11.6 Å². The predicted octanol–water partition coefficient (Wildman–Crippen LogP) is 2.75. The number of halogens is 1. The fourth-order valence-electron chi connectivity index (χ4n) is 5.03. The number of benzene rings is 2. The molecule has 1 fully saturated rings. The molecule has 2 aromatic carbocycles. The molecule has 10 nitrogen and oxygen atoms in total. The van der Waals surface area contributed by atoms with Crippen LogP contribution in [0.3, 0.4) is 0 Å². The summed E-state index contributed by atoms with van der Waals surface area (Å²) in [5.41, 5.74) is 4.53. The van der Waals surface area contributed by atoms with Gasteiger partial charge >= 0.3 is 0 Å². The largest absolute Gasteiger partial charge is 0.394 e. The Labute approximate surface area is 223 Å². The number of aliphatic hydroxyl groups excluding tert-OH is 3. The number of hydrogen-bond donors (Lipinski definition) is 4. The molecule has 1 aliphatic heterocycles. The minimum atomic E-state index is -1.22. The van der Waals surface area contributed by atoms with E-state index >= 15 is 0 Å². The monoisotopic (exact) mass is 534 g/mol. The summed E-state index contributed by atoms with van der Waals surface area (Å²) in [4.78, 5) is 13.1. The Morgan fingerprint density at radius 2 is 1.82 bits per heavy atom. The molecule has 196 valence electrons. The van der Waals surface area contributed by atoms with E-state index in [-0.39, 0.29) is 0 Å². The van der Waals surface area contributed by atoms with Gasteiger partial charge in [0.25, 0.3) is 0 Å². The topological polar surface area (TPSA) is 130 Å². The summed E-state index contributed by atoms with van der Waals surface area (Å²) < 4.78 is 9.44. The van der Waals surface area contributed by atoms with Crippen molar-refractivity contribution < 1.29 is 20.1 Å². The van der Waals surface area contributed by atoms with E-state index in [9.17, 15) is 15.3 Å². The van der Waals surface area contributed by atoms with Gasteiger partial charge in [0.2, 0.25) is 0 Å². The number of aromatic nitrogens is 5. The fourth-order valence-corrected chi connectivity index (χ4v) is 5.16. The number of nitrogens with one attached hydrogen (secondary N) is 1. The summed E-state index contributed by atoms with van der Waals surface area (Å²) >= 11 is 6.05. The first kappa shape index (κ1) is 24.8. The minimum Gasteiger partial charge on any atom is -0.394 e. The molecule has 3 aromatic heterocycles. The summed E-state index contributed by atoms with van der Waals surface area (Å²) in [5, 5.41) is 35.2. The number of ether oxygens (including phenoxy) is 1. The average molecular weight is 535 g/mol. The highest BCUT2D eigenvalue weighted by atomic mass is 35.5. The molecule has 6 rings (SSSR count). The number of fused-ring (bicyclic) bond motifs is 2. The standard InChI is InChI=1S/C27H27ClN6O4/c28-18-7-5-16(6-8-18)11-33-12-17(19-3-1-2-4-20(19)33)9-10-29-25-22-26(31-14-30-25)34(15-32-22)27-24(37)23(36)21(13-35)38-27/h1-8,12,14-15,21,23-24,27,35-37H,9-11,13H2,(H,29,30,31)/t21-,23?,24?,27-/m1/s1. The van der Waals surface area contributed by atoms with Crippen molar-refractivity contribution in [1.29, 1.82) is 0 Å². The van der Waals surface area contributed by atoms with Gasteiger partial charge in [0.05, 0.1) is 12.9 Å². The molecule has 4 atom stereocenters. The Bertz CT molecular complexity index is 1570. The SMILES string of the molecule is OC[C@H]1O[C@@H](n2cnc3c(NCCc4cn(Cc5ccc(Cl)cc5)c5ccccc45)ncnc32)C(O)C1O. The van der Waals surface area contributed by atoms with Crippen molar-refractivity contribution in [3.05, 3.63) is 83.5 Å². The molecule has 1 saturated heterocycles. The van der Waals surface area contributed by atoms with E-state index in [1.165, 1.54) is 34.7 Å². The summed E-state index contributed by atoms with van der Waals surface area (Å²) in [5.74, 6) is 0.561. The van der Waals surface area contributed by atoms with Crippen LogP contribution in [0.4, 0.5) is 5.82 Å². The van der Waals surface area contributed by atoms with E-state index in [0.29, 0.717) is 23.5 Å². The van der Waals surface area contributed by atoms with E-state index < -0.39 is 31.1 Å². The number of hydrogen-bond acceptors (Lipinski definition) is 8. The molecular formula is C27H27ClN6O4. The lowest BCUT2D eigenvalue weighted by atomic mass is 10.1. The zero-order chi connectivity index (χ0) is 26.2. The predicted molar refractivity (Wildman–Crippen MR) is 143 cm³/mol. The quantitative estimate of drug-likeness (QED) is 0.239. The van der Waals surface area contributed by atoms with Gasteiger partial charge in [0.15, 0.2) is 23.2 Å². The zero-order valence-electron chi connectivity index (χ0n) is 20.4. The molecule has 38 heavy (non-hydrogen) atoms. The van der Waals surface area contributed by atoms with Crippen LogP contribution in [0.25, 0.3) is 22.1 Å². The molecule has 4 N–H and O–H groups in total. The van der Waals surface area contributed by atoms with Crippen molar-refractivity contribution in [2.45, 2.75) is 37.5 Å². The Morgan fingerprint density at radius 3 is 2.61 bits per heavy atom. The molecule has 0 spiro atoms. The molecule has 1 aliphatic rings. The first-order valence-corrected chi connectivity index (χ1v) is 12.8. The Balaban J connectivity index is 1.20. The molecule has 4 heterocycles. The first-order chi connectivity index (χ1) is 18.5. The van der Waals surface area contributed by atoms with Crippen molar-refractivity contribution >= 4 is 39.5 Å². The number of para-hydroxylation sites is 1. The van der Waals surface area contributed by atoms with Gasteiger partial charge in [0, 0.05) is 35.2 Å². The van der Waals surface area contributed by atoms with Gasteiger partial charge in [-0.3, -0.25) is 4.57 Å². The van der Waals surface area contributed by atoms with Crippen LogP contribution < -0.4 is 5.32 Å². The van der Waals surface area contributed by atoms with Gasteiger partial charge < -0.3 is 29.9 Å². The molecule has 0 amide bonds. The minimum absolute atomic E-state index is 0.404. The molecule has 0 aliphatic carbocycles. The lowest BCUT2D eigenvalue weighted by molar-refractivity contribution is -0.0511. The molecule has 11 heteroatoms. The summed E-state index contributed by atoms with van der Waals surface area (Å²) in [6.45, 7) is 0.955. The Hall–Kier alpha value is -3.54. The number of aliphatic hydroxyl groups is 3. The molecular weight excluding hydrogens is 508 g/mol. The Morgan fingerprint density at radius 1 is 1.00 bits per heavy atom. The highest BCUT2D eigenvalue weighted by Gasteiger charge is 2.44. The molecule has 5 aromatic rings. The fraction of sp³-hybridized carbons (Fsp3) is 0.296. The third-order valence-corrected chi connectivity index (χ3v) is 7.23. The second-order valence-electron chi connectivity index (χ2n) is 9.38. The van der Waals surface area contributed by atoms with Gasteiger partial charge in [-0.2, -0.15) is 0 Å². The summed E-state index contributed by atoms with van der Waals surface area (Å²) in [6, 6.07) is 16.2. The van der Waals surface area contributed by atoms with E-state index in [1.54, 1.807) is 4.57 Å². The van der Waals surface area contributed by atoms with Gasteiger partial charge in [-0.1, -0.05) is 41.9 Å². The van der Waals surface area contributed by atoms with Crippen molar-refractivity contribution in [3.8, 4) is 0 Å². The van der Waals surface area contributed by atoms with E-state index in [2.05, 4.69) is 43.2 Å². The average Bonchev–Trinajstić information content (AvgIpc) is 3.60. The first-order valence-electron chi connectivity index (χ1n) is 12.4.